The first-order valence-corrected chi connectivity index (χ1v) is 9.32. The third kappa shape index (κ3) is 4.09. The highest BCUT2D eigenvalue weighted by Gasteiger charge is 2.20. The van der Waals surface area contributed by atoms with E-state index < -0.39 is 0 Å². The molecule has 0 aliphatic heterocycles. The summed E-state index contributed by atoms with van der Waals surface area (Å²) in [5, 5.41) is 7.54. The Labute approximate surface area is 168 Å². The number of benzene rings is 3. The van der Waals surface area contributed by atoms with Crippen molar-refractivity contribution in [2.45, 2.75) is 6.04 Å². The maximum absolute atomic E-state index is 13.2. The molecular formula is C24H20FN3O. The van der Waals surface area contributed by atoms with Gasteiger partial charge in [-0.3, -0.25) is 9.48 Å². The molecule has 0 aliphatic carbocycles. The minimum absolute atomic E-state index is 0.230. The zero-order valence-electron chi connectivity index (χ0n) is 15.9. The van der Waals surface area contributed by atoms with Gasteiger partial charge in [-0.05, 0) is 41.5 Å². The number of nitrogens with zero attached hydrogens (tertiary/aromatic N) is 2. The van der Waals surface area contributed by atoms with E-state index >= 15 is 0 Å². The van der Waals surface area contributed by atoms with Crippen LogP contribution in [0.2, 0.25) is 0 Å². The van der Waals surface area contributed by atoms with Crippen LogP contribution in [0.4, 0.5) is 4.39 Å². The number of aromatic nitrogens is 2. The van der Waals surface area contributed by atoms with Crippen LogP contribution in [0.3, 0.4) is 0 Å². The summed E-state index contributed by atoms with van der Waals surface area (Å²) in [4.78, 5) is 13.1. The lowest BCUT2D eigenvalue weighted by molar-refractivity contribution is 0.0933. The number of amides is 1. The first-order chi connectivity index (χ1) is 14.1. The minimum atomic E-state index is -0.309. The van der Waals surface area contributed by atoms with E-state index in [1.54, 1.807) is 29.9 Å². The van der Waals surface area contributed by atoms with Crippen molar-refractivity contribution in [1.29, 1.82) is 0 Å². The number of carbonyl (C=O) groups is 1. The Bertz CT molecular complexity index is 1070. The maximum atomic E-state index is 13.2. The van der Waals surface area contributed by atoms with Gasteiger partial charge in [0.25, 0.3) is 5.91 Å². The van der Waals surface area contributed by atoms with Crippen molar-refractivity contribution in [3.05, 3.63) is 114 Å². The summed E-state index contributed by atoms with van der Waals surface area (Å²) >= 11 is 0. The molecule has 0 saturated heterocycles. The van der Waals surface area contributed by atoms with Crippen LogP contribution in [0.5, 0.6) is 0 Å². The Morgan fingerprint density at radius 2 is 1.45 bits per heavy atom. The van der Waals surface area contributed by atoms with E-state index in [0.29, 0.717) is 11.4 Å². The molecule has 0 aliphatic rings. The van der Waals surface area contributed by atoms with E-state index in [4.69, 9.17) is 0 Å². The first kappa shape index (κ1) is 18.6. The molecule has 4 nitrogen and oxygen atoms in total. The van der Waals surface area contributed by atoms with Gasteiger partial charge in [-0.1, -0.05) is 60.7 Å². The van der Waals surface area contributed by atoms with E-state index in [1.165, 1.54) is 12.1 Å². The van der Waals surface area contributed by atoms with E-state index in [-0.39, 0.29) is 17.8 Å². The normalized spacial score (nSPS) is 10.9. The molecule has 0 radical (unpaired) electrons. The average molecular weight is 385 g/mol. The van der Waals surface area contributed by atoms with Crippen molar-refractivity contribution in [1.82, 2.24) is 15.1 Å². The first-order valence-electron chi connectivity index (χ1n) is 9.32. The molecule has 29 heavy (non-hydrogen) atoms. The number of nitrogens with one attached hydrogen (secondary N) is 1. The molecule has 0 saturated carbocycles. The Hall–Kier alpha value is -3.73. The standard InChI is InChI=1S/C24H20FN3O/c1-28-22(16-21(27-28)17-12-14-20(25)15-13-17)24(29)26-23(18-8-4-2-5-9-18)19-10-6-3-7-11-19/h2-16,23H,1H3,(H,26,29). The van der Waals surface area contributed by atoms with Crippen molar-refractivity contribution in [2.75, 3.05) is 0 Å². The highest BCUT2D eigenvalue weighted by molar-refractivity contribution is 5.94. The van der Waals surface area contributed by atoms with Gasteiger partial charge in [0.2, 0.25) is 0 Å². The zero-order chi connectivity index (χ0) is 20.2. The number of rotatable bonds is 5. The van der Waals surface area contributed by atoms with Gasteiger partial charge in [0.05, 0.1) is 11.7 Å². The highest BCUT2D eigenvalue weighted by atomic mass is 19.1. The van der Waals surface area contributed by atoms with E-state index in [0.717, 1.165) is 16.7 Å². The van der Waals surface area contributed by atoms with Crippen molar-refractivity contribution in [3.8, 4) is 11.3 Å². The largest absolute Gasteiger partial charge is 0.340 e. The molecule has 0 bridgehead atoms. The van der Waals surface area contributed by atoms with E-state index in [2.05, 4.69) is 10.4 Å². The van der Waals surface area contributed by atoms with E-state index in [1.807, 2.05) is 60.7 Å². The van der Waals surface area contributed by atoms with Crippen molar-refractivity contribution in [2.24, 2.45) is 7.05 Å². The van der Waals surface area contributed by atoms with Crippen LogP contribution in [-0.2, 0) is 7.05 Å². The minimum Gasteiger partial charge on any atom is -0.340 e. The van der Waals surface area contributed by atoms with Crippen molar-refractivity contribution >= 4 is 5.91 Å². The fraction of sp³-hybridized carbons (Fsp3) is 0.0833. The number of aryl methyl sites for hydroxylation is 1. The van der Waals surface area contributed by atoms with Crippen molar-refractivity contribution < 1.29 is 9.18 Å². The third-order valence-electron chi connectivity index (χ3n) is 4.79. The molecule has 1 amide bonds. The Morgan fingerprint density at radius 1 is 0.897 bits per heavy atom. The van der Waals surface area contributed by atoms with Crippen LogP contribution < -0.4 is 5.32 Å². The van der Waals surface area contributed by atoms with Gasteiger partial charge in [0, 0.05) is 12.6 Å². The molecular weight excluding hydrogens is 365 g/mol. The summed E-state index contributed by atoms with van der Waals surface area (Å²) in [6, 6.07) is 27.2. The molecule has 0 fully saturated rings. The van der Waals surface area contributed by atoms with E-state index in [9.17, 15) is 9.18 Å². The lowest BCUT2D eigenvalue weighted by Crippen LogP contribution is -2.30. The summed E-state index contributed by atoms with van der Waals surface area (Å²) < 4.78 is 14.7. The van der Waals surface area contributed by atoms with Gasteiger partial charge in [-0.25, -0.2) is 4.39 Å². The summed E-state index contributed by atoms with van der Waals surface area (Å²) in [7, 11) is 1.72. The molecule has 1 aromatic heterocycles. The van der Waals surface area contributed by atoms with Crippen molar-refractivity contribution in [3.63, 3.8) is 0 Å². The SMILES string of the molecule is Cn1nc(-c2ccc(F)cc2)cc1C(=O)NC(c1ccccc1)c1ccccc1. The molecule has 0 atom stereocenters. The summed E-state index contributed by atoms with van der Waals surface area (Å²) in [5.41, 5.74) is 3.79. The third-order valence-corrected chi connectivity index (χ3v) is 4.79. The number of halogens is 1. The highest BCUT2D eigenvalue weighted by Crippen LogP contribution is 2.24. The predicted octanol–water partition coefficient (Wildman–Crippen LogP) is 4.75. The van der Waals surface area contributed by atoms with Gasteiger partial charge in [0.15, 0.2) is 0 Å². The molecule has 0 spiro atoms. The molecule has 5 heteroatoms. The fourth-order valence-electron chi connectivity index (χ4n) is 3.30. The summed E-state index contributed by atoms with van der Waals surface area (Å²) in [6.45, 7) is 0. The molecule has 0 unspecified atom stereocenters. The second-order valence-electron chi connectivity index (χ2n) is 6.77. The number of carbonyl (C=O) groups excluding carboxylic acids is 1. The predicted molar refractivity (Wildman–Crippen MR) is 111 cm³/mol. The molecule has 3 aromatic carbocycles. The van der Waals surface area contributed by atoms with Gasteiger partial charge in [-0.15, -0.1) is 0 Å². The van der Waals surface area contributed by atoms with Crippen LogP contribution in [0.15, 0.2) is 91.0 Å². The van der Waals surface area contributed by atoms with Crippen LogP contribution in [-0.4, -0.2) is 15.7 Å². The number of hydrogen-bond acceptors (Lipinski definition) is 2. The summed E-state index contributed by atoms with van der Waals surface area (Å²) in [5.74, 6) is -0.540. The Balaban J connectivity index is 1.64. The lowest BCUT2D eigenvalue weighted by atomic mass is 9.98. The molecule has 4 aromatic rings. The van der Waals surface area contributed by atoms with Crippen LogP contribution in [0, 0.1) is 5.82 Å². The molecule has 1 heterocycles. The molecule has 144 valence electrons. The molecule has 1 N–H and O–H groups in total. The quantitative estimate of drug-likeness (QED) is 0.539. The van der Waals surface area contributed by atoms with Gasteiger partial charge in [0.1, 0.15) is 11.5 Å². The fourth-order valence-corrected chi connectivity index (χ4v) is 3.30. The Kier molecular flexibility index (Phi) is 5.20. The van der Waals surface area contributed by atoms with Crippen LogP contribution in [0.25, 0.3) is 11.3 Å². The lowest BCUT2D eigenvalue weighted by Gasteiger charge is -2.20. The van der Waals surface area contributed by atoms with Gasteiger partial charge >= 0.3 is 0 Å². The summed E-state index contributed by atoms with van der Waals surface area (Å²) in [6.07, 6.45) is 0. The topological polar surface area (TPSA) is 46.9 Å². The average Bonchev–Trinajstić information content (AvgIpc) is 3.15. The van der Waals surface area contributed by atoms with Gasteiger partial charge < -0.3 is 5.32 Å². The maximum Gasteiger partial charge on any atom is 0.270 e. The molecule has 4 rings (SSSR count). The monoisotopic (exact) mass is 385 g/mol. The second-order valence-corrected chi connectivity index (χ2v) is 6.77. The smallest absolute Gasteiger partial charge is 0.270 e. The zero-order valence-corrected chi connectivity index (χ0v) is 15.9. The number of hydrogen-bond donors (Lipinski definition) is 1. The van der Waals surface area contributed by atoms with Gasteiger partial charge in [-0.2, -0.15) is 5.10 Å². The second kappa shape index (κ2) is 8.10. The van der Waals surface area contributed by atoms with Crippen LogP contribution in [0.1, 0.15) is 27.7 Å². The van der Waals surface area contributed by atoms with Crippen LogP contribution >= 0.6 is 0 Å². The Morgan fingerprint density at radius 3 is 2.00 bits per heavy atom.